The molecule has 4 nitrogen and oxygen atoms in total. The Morgan fingerprint density at radius 1 is 1.13 bits per heavy atom. The van der Waals surface area contributed by atoms with Crippen molar-refractivity contribution in [3.05, 3.63) is 59.7 Å². The van der Waals surface area contributed by atoms with Crippen LogP contribution in [-0.2, 0) is 12.7 Å². The van der Waals surface area contributed by atoms with E-state index in [1.165, 1.54) is 36.2 Å². The van der Waals surface area contributed by atoms with Gasteiger partial charge in [0.05, 0.1) is 17.8 Å². The molecule has 2 amide bonds. The molecule has 2 N–H and O–H groups in total. The minimum Gasteiger partial charge on any atom is -0.508 e. The van der Waals surface area contributed by atoms with Crippen molar-refractivity contribution in [3.63, 3.8) is 0 Å². The third-order valence-electron chi connectivity index (χ3n) is 3.22. The van der Waals surface area contributed by atoms with Gasteiger partial charge in [-0.05, 0) is 18.2 Å². The molecule has 0 unspecified atom stereocenters. The van der Waals surface area contributed by atoms with E-state index in [2.05, 4.69) is 5.32 Å². The normalized spacial score (nSPS) is 11.1. The summed E-state index contributed by atoms with van der Waals surface area (Å²) >= 11 is 0. The zero-order valence-electron chi connectivity index (χ0n) is 12.3. The minimum atomic E-state index is -4.56. The second-order valence-electron chi connectivity index (χ2n) is 4.96. The molecule has 0 atom stereocenters. The van der Waals surface area contributed by atoms with Crippen LogP contribution in [-0.4, -0.2) is 23.1 Å². The first-order chi connectivity index (χ1) is 10.8. The van der Waals surface area contributed by atoms with E-state index in [-0.39, 0.29) is 18.0 Å². The van der Waals surface area contributed by atoms with Gasteiger partial charge in [-0.2, -0.15) is 13.2 Å². The van der Waals surface area contributed by atoms with Gasteiger partial charge in [0, 0.05) is 12.6 Å². The van der Waals surface area contributed by atoms with E-state index in [1.807, 2.05) is 0 Å². The molecule has 0 aliphatic carbocycles. The van der Waals surface area contributed by atoms with Crippen LogP contribution >= 0.6 is 0 Å². The van der Waals surface area contributed by atoms with Crippen molar-refractivity contribution in [2.75, 3.05) is 12.4 Å². The number of carbonyl (C=O) groups excluding carboxylic acids is 1. The predicted octanol–water partition coefficient (Wildman–Crippen LogP) is 4.07. The third-order valence-corrected chi connectivity index (χ3v) is 3.22. The number of para-hydroxylation sites is 2. The number of nitrogens with one attached hydrogen (secondary N) is 1. The summed E-state index contributed by atoms with van der Waals surface area (Å²) in [6, 6.07) is 10.5. The molecule has 0 aliphatic rings. The number of aromatic hydroxyl groups is 1. The molecule has 122 valence electrons. The van der Waals surface area contributed by atoms with Crippen LogP contribution in [0.2, 0.25) is 0 Å². The highest BCUT2D eigenvalue weighted by Gasteiger charge is 2.33. The van der Waals surface area contributed by atoms with Crippen molar-refractivity contribution in [1.29, 1.82) is 0 Å². The Bertz CT molecular complexity index is 702. The summed E-state index contributed by atoms with van der Waals surface area (Å²) in [6.45, 7) is 0.0622. The highest BCUT2D eigenvalue weighted by atomic mass is 19.4. The summed E-state index contributed by atoms with van der Waals surface area (Å²) in [5.41, 5.74) is -0.729. The van der Waals surface area contributed by atoms with Crippen molar-refractivity contribution in [2.45, 2.75) is 12.7 Å². The van der Waals surface area contributed by atoms with Crippen LogP contribution in [0.1, 0.15) is 11.1 Å². The summed E-state index contributed by atoms with van der Waals surface area (Å²) in [4.78, 5) is 13.3. The molecule has 0 radical (unpaired) electrons. The maximum atomic E-state index is 12.9. The quantitative estimate of drug-likeness (QED) is 0.894. The van der Waals surface area contributed by atoms with Crippen LogP contribution in [0.15, 0.2) is 48.5 Å². The van der Waals surface area contributed by atoms with E-state index in [9.17, 15) is 23.1 Å². The van der Waals surface area contributed by atoms with Gasteiger partial charge in [0.15, 0.2) is 0 Å². The Hall–Kier alpha value is -2.70. The SMILES string of the molecule is CN(Cc1ccccc1O)C(=O)Nc1ccccc1C(F)(F)F. The number of phenols is 1. The summed E-state index contributed by atoms with van der Waals surface area (Å²) in [5.74, 6) is 0.0165. The maximum absolute atomic E-state index is 12.9. The number of hydrogen-bond donors (Lipinski definition) is 2. The molecule has 2 aromatic rings. The first-order valence-electron chi connectivity index (χ1n) is 6.74. The molecule has 0 bridgehead atoms. The Labute approximate surface area is 131 Å². The lowest BCUT2D eigenvalue weighted by molar-refractivity contribution is -0.136. The van der Waals surface area contributed by atoms with Crippen molar-refractivity contribution < 1.29 is 23.1 Å². The first kappa shape index (κ1) is 16.7. The number of rotatable bonds is 3. The zero-order valence-corrected chi connectivity index (χ0v) is 12.3. The fraction of sp³-hybridized carbons (Fsp3) is 0.188. The fourth-order valence-corrected chi connectivity index (χ4v) is 2.02. The van der Waals surface area contributed by atoms with E-state index >= 15 is 0 Å². The van der Waals surface area contributed by atoms with E-state index in [4.69, 9.17) is 0 Å². The van der Waals surface area contributed by atoms with Crippen LogP contribution < -0.4 is 5.32 Å². The lowest BCUT2D eigenvalue weighted by atomic mass is 10.1. The molecule has 2 rings (SSSR count). The van der Waals surface area contributed by atoms with Crippen LogP contribution in [0.25, 0.3) is 0 Å². The topological polar surface area (TPSA) is 52.6 Å². The highest BCUT2D eigenvalue weighted by molar-refractivity contribution is 5.90. The van der Waals surface area contributed by atoms with Gasteiger partial charge in [-0.1, -0.05) is 30.3 Å². The Morgan fingerprint density at radius 2 is 1.74 bits per heavy atom. The van der Waals surface area contributed by atoms with E-state index in [1.54, 1.807) is 18.2 Å². The van der Waals surface area contributed by atoms with E-state index < -0.39 is 17.8 Å². The number of phenolic OH excluding ortho intramolecular Hbond substituents is 1. The standard InChI is InChI=1S/C16H15F3N2O2/c1-21(10-11-6-2-5-9-14(11)22)15(23)20-13-8-4-3-7-12(13)16(17,18)19/h2-9,22H,10H2,1H3,(H,20,23). The fourth-order valence-electron chi connectivity index (χ4n) is 2.02. The maximum Gasteiger partial charge on any atom is 0.418 e. The van der Waals surface area contributed by atoms with E-state index in [0.29, 0.717) is 5.56 Å². The zero-order chi connectivity index (χ0) is 17.0. The third kappa shape index (κ3) is 4.15. The van der Waals surface area contributed by atoms with Crippen LogP contribution in [0, 0.1) is 0 Å². The lowest BCUT2D eigenvalue weighted by Crippen LogP contribution is -2.31. The number of nitrogens with zero attached hydrogens (tertiary/aromatic N) is 1. The lowest BCUT2D eigenvalue weighted by Gasteiger charge is -2.20. The number of alkyl halides is 3. The molecule has 23 heavy (non-hydrogen) atoms. The van der Waals surface area contributed by atoms with Crippen molar-refractivity contribution >= 4 is 11.7 Å². The molecule has 0 aliphatic heterocycles. The number of halogens is 3. The van der Waals surface area contributed by atoms with Crippen LogP contribution in [0.3, 0.4) is 0 Å². The molecule has 0 saturated heterocycles. The average molecular weight is 324 g/mol. The highest BCUT2D eigenvalue weighted by Crippen LogP contribution is 2.34. The van der Waals surface area contributed by atoms with Gasteiger partial charge in [0.2, 0.25) is 0 Å². The van der Waals surface area contributed by atoms with Crippen LogP contribution in [0.5, 0.6) is 5.75 Å². The van der Waals surface area contributed by atoms with Crippen molar-refractivity contribution in [2.24, 2.45) is 0 Å². The molecular weight excluding hydrogens is 309 g/mol. The van der Waals surface area contributed by atoms with Gasteiger partial charge >= 0.3 is 12.2 Å². The summed E-state index contributed by atoms with van der Waals surface area (Å²) in [7, 11) is 1.43. The number of hydrogen-bond acceptors (Lipinski definition) is 2. The largest absolute Gasteiger partial charge is 0.508 e. The van der Waals surface area contributed by atoms with Crippen molar-refractivity contribution in [1.82, 2.24) is 4.90 Å². The van der Waals surface area contributed by atoms with Gasteiger partial charge in [0.1, 0.15) is 5.75 Å². The second-order valence-corrected chi connectivity index (χ2v) is 4.96. The number of urea groups is 1. The average Bonchev–Trinajstić information content (AvgIpc) is 2.49. The smallest absolute Gasteiger partial charge is 0.418 e. The molecule has 7 heteroatoms. The summed E-state index contributed by atoms with van der Waals surface area (Å²) in [5, 5.41) is 11.9. The molecule has 2 aromatic carbocycles. The second kappa shape index (κ2) is 6.60. The van der Waals surface area contributed by atoms with E-state index in [0.717, 1.165) is 6.07 Å². The molecule has 0 spiro atoms. The van der Waals surface area contributed by atoms with Gasteiger partial charge < -0.3 is 15.3 Å². The molecule has 0 heterocycles. The summed E-state index contributed by atoms with van der Waals surface area (Å²) in [6.07, 6.45) is -4.56. The minimum absolute atomic E-state index is 0.0165. The number of anilines is 1. The van der Waals surface area contributed by atoms with Gasteiger partial charge in [-0.15, -0.1) is 0 Å². The number of carbonyl (C=O) groups is 1. The molecular formula is C16H15F3N2O2. The molecule has 0 aromatic heterocycles. The monoisotopic (exact) mass is 324 g/mol. The Kier molecular flexibility index (Phi) is 4.78. The summed E-state index contributed by atoms with van der Waals surface area (Å²) < 4.78 is 38.7. The Morgan fingerprint density at radius 3 is 2.39 bits per heavy atom. The van der Waals surface area contributed by atoms with Gasteiger partial charge in [0.25, 0.3) is 0 Å². The molecule has 0 fully saturated rings. The van der Waals surface area contributed by atoms with Gasteiger partial charge in [-0.25, -0.2) is 4.79 Å². The van der Waals surface area contributed by atoms with Gasteiger partial charge in [-0.3, -0.25) is 0 Å². The first-order valence-corrected chi connectivity index (χ1v) is 6.74. The Balaban J connectivity index is 2.12. The molecule has 0 saturated carbocycles. The number of amides is 2. The predicted molar refractivity (Wildman–Crippen MR) is 80.0 cm³/mol. The number of benzene rings is 2. The van der Waals surface area contributed by atoms with Crippen LogP contribution in [0.4, 0.5) is 23.7 Å². The van der Waals surface area contributed by atoms with Crippen molar-refractivity contribution in [3.8, 4) is 5.75 Å².